The summed E-state index contributed by atoms with van der Waals surface area (Å²) >= 11 is 0. The van der Waals surface area contributed by atoms with Crippen LogP contribution in [-0.2, 0) is 14.5 Å². The first kappa shape index (κ1) is 6.70. The van der Waals surface area contributed by atoms with Crippen molar-refractivity contribution < 1.29 is 9.00 Å². The highest BCUT2D eigenvalue weighted by Gasteiger charge is 2.25. The summed E-state index contributed by atoms with van der Waals surface area (Å²) < 4.78 is 14.3. The Kier molecular flexibility index (Phi) is 1.32. The highest BCUT2D eigenvalue weighted by Crippen LogP contribution is 2.04. The summed E-state index contributed by atoms with van der Waals surface area (Å²) in [6.07, 6.45) is 1.44. The molecule has 0 bridgehead atoms. The summed E-state index contributed by atoms with van der Waals surface area (Å²) in [7, 11) is -2.24. The van der Waals surface area contributed by atoms with Crippen LogP contribution in [0.25, 0.3) is 0 Å². The van der Waals surface area contributed by atoms with E-state index in [-0.39, 0.29) is 5.75 Å². The second-order valence-corrected chi connectivity index (χ2v) is 4.60. The molecule has 0 radical (unpaired) electrons. The number of carbonyl (C=O) groups excluding carboxylic acids is 1. The van der Waals surface area contributed by atoms with Crippen molar-refractivity contribution in [3.63, 3.8) is 0 Å². The van der Waals surface area contributed by atoms with Crippen molar-refractivity contribution in [1.82, 2.24) is 0 Å². The van der Waals surface area contributed by atoms with Gasteiger partial charge < -0.3 is 5.73 Å². The van der Waals surface area contributed by atoms with Crippen LogP contribution in [0.3, 0.4) is 0 Å². The zero-order valence-corrected chi connectivity index (χ0v) is 5.85. The SMILES string of the molecule is CS1(=O)=NC(=O)C(N)C1. The third kappa shape index (κ3) is 1.28. The maximum Gasteiger partial charge on any atom is 0.271 e. The van der Waals surface area contributed by atoms with Crippen molar-refractivity contribution in [1.29, 1.82) is 0 Å². The number of nitrogens with two attached hydrogens (primary N) is 1. The summed E-state index contributed by atoms with van der Waals surface area (Å²) in [5, 5.41) is 0. The third-order valence-corrected chi connectivity index (χ3v) is 2.63. The van der Waals surface area contributed by atoms with Gasteiger partial charge in [-0.15, -0.1) is 0 Å². The topological polar surface area (TPSA) is 72.5 Å². The number of hydrogen-bond acceptors (Lipinski definition) is 3. The van der Waals surface area contributed by atoms with E-state index in [1.807, 2.05) is 0 Å². The molecular formula is C4H8N2O2S. The molecule has 0 aromatic heterocycles. The largest absolute Gasteiger partial charge is 0.319 e. The Bertz CT molecular complexity index is 251. The second kappa shape index (κ2) is 1.78. The van der Waals surface area contributed by atoms with Crippen LogP contribution in [0.2, 0.25) is 0 Å². The van der Waals surface area contributed by atoms with E-state index in [0.29, 0.717) is 0 Å². The minimum atomic E-state index is -2.24. The number of amides is 1. The number of carbonyl (C=O) groups is 1. The second-order valence-electron chi connectivity index (χ2n) is 2.16. The van der Waals surface area contributed by atoms with E-state index in [2.05, 4.69) is 4.36 Å². The third-order valence-electron chi connectivity index (χ3n) is 1.09. The van der Waals surface area contributed by atoms with Crippen molar-refractivity contribution in [2.24, 2.45) is 10.1 Å². The summed E-state index contributed by atoms with van der Waals surface area (Å²) in [6, 6.07) is -0.623. The molecule has 1 rings (SSSR count). The fraction of sp³-hybridized carbons (Fsp3) is 0.750. The fourth-order valence-corrected chi connectivity index (χ4v) is 2.10. The van der Waals surface area contributed by atoms with Crippen LogP contribution in [0.15, 0.2) is 4.36 Å². The van der Waals surface area contributed by atoms with Crippen LogP contribution in [0.4, 0.5) is 0 Å². The van der Waals surface area contributed by atoms with Crippen LogP contribution in [0, 0.1) is 0 Å². The average molecular weight is 148 g/mol. The zero-order valence-electron chi connectivity index (χ0n) is 5.03. The van der Waals surface area contributed by atoms with E-state index in [9.17, 15) is 9.00 Å². The fourth-order valence-electron chi connectivity index (χ4n) is 0.700. The van der Waals surface area contributed by atoms with Gasteiger partial charge in [-0.25, -0.2) is 4.21 Å². The number of hydrogen-bond donors (Lipinski definition) is 1. The lowest BCUT2D eigenvalue weighted by Crippen LogP contribution is -2.29. The molecule has 0 aromatic rings. The molecule has 2 N–H and O–H groups in total. The van der Waals surface area contributed by atoms with Crippen LogP contribution in [0.1, 0.15) is 0 Å². The molecule has 0 spiro atoms. The van der Waals surface area contributed by atoms with E-state index >= 15 is 0 Å². The lowest BCUT2D eigenvalue weighted by Gasteiger charge is -1.93. The van der Waals surface area contributed by atoms with E-state index < -0.39 is 21.7 Å². The highest BCUT2D eigenvalue weighted by molar-refractivity contribution is 7.93. The molecule has 0 aliphatic carbocycles. The maximum absolute atomic E-state index is 10.9. The summed E-state index contributed by atoms with van der Waals surface area (Å²) in [4.78, 5) is 10.5. The van der Waals surface area contributed by atoms with Crippen molar-refractivity contribution in [3.05, 3.63) is 0 Å². The van der Waals surface area contributed by atoms with Gasteiger partial charge in [0.1, 0.15) is 0 Å². The molecule has 5 heteroatoms. The minimum Gasteiger partial charge on any atom is -0.319 e. The molecular weight excluding hydrogens is 140 g/mol. The molecule has 0 saturated heterocycles. The lowest BCUT2D eigenvalue weighted by atomic mass is 10.4. The van der Waals surface area contributed by atoms with Crippen molar-refractivity contribution in [3.8, 4) is 0 Å². The van der Waals surface area contributed by atoms with Crippen LogP contribution in [-0.4, -0.2) is 28.2 Å². The molecule has 1 heterocycles. The molecule has 0 fully saturated rings. The first-order chi connectivity index (χ1) is 4.01. The van der Waals surface area contributed by atoms with Gasteiger partial charge in [0.15, 0.2) is 0 Å². The van der Waals surface area contributed by atoms with Gasteiger partial charge in [-0.05, 0) is 0 Å². The van der Waals surface area contributed by atoms with Crippen LogP contribution >= 0.6 is 0 Å². The Hall–Kier alpha value is -0.420. The molecule has 2 atom stereocenters. The molecule has 0 saturated carbocycles. The van der Waals surface area contributed by atoms with Gasteiger partial charge in [0.05, 0.1) is 21.5 Å². The number of nitrogens with zero attached hydrogens (tertiary/aromatic N) is 1. The molecule has 9 heavy (non-hydrogen) atoms. The van der Waals surface area contributed by atoms with E-state index in [4.69, 9.17) is 5.73 Å². The Labute approximate surface area is 53.6 Å². The predicted octanol–water partition coefficient (Wildman–Crippen LogP) is -1.05. The smallest absolute Gasteiger partial charge is 0.271 e. The van der Waals surface area contributed by atoms with Crippen molar-refractivity contribution >= 4 is 15.6 Å². The summed E-state index contributed by atoms with van der Waals surface area (Å²) in [5.41, 5.74) is 5.23. The average Bonchev–Trinajstić information content (AvgIpc) is 1.79. The standard InChI is InChI=1S/C4H8N2O2S/c1-9(8)2-3(5)4(7)6-9/h3H,2,5H2,1H3. The predicted molar refractivity (Wildman–Crippen MR) is 34.3 cm³/mol. The first-order valence-corrected chi connectivity index (χ1v) is 4.60. The Morgan fingerprint density at radius 1 is 1.89 bits per heavy atom. The Morgan fingerprint density at radius 3 is 2.56 bits per heavy atom. The minimum absolute atomic E-state index is 0.214. The molecule has 1 aliphatic rings. The maximum atomic E-state index is 10.9. The van der Waals surface area contributed by atoms with E-state index in [1.54, 1.807) is 0 Å². The summed E-state index contributed by atoms with van der Waals surface area (Å²) in [5.74, 6) is -0.214. The van der Waals surface area contributed by atoms with Gasteiger partial charge in [-0.1, -0.05) is 0 Å². The lowest BCUT2D eigenvalue weighted by molar-refractivity contribution is -0.117. The Morgan fingerprint density at radius 2 is 2.44 bits per heavy atom. The first-order valence-electron chi connectivity index (χ1n) is 2.50. The zero-order chi connectivity index (χ0) is 7.07. The Balaban J connectivity index is 3.01. The van der Waals surface area contributed by atoms with Gasteiger partial charge in [-0.2, -0.15) is 4.36 Å². The quantitative estimate of drug-likeness (QED) is 0.476. The van der Waals surface area contributed by atoms with Crippen LogP contribution < -0.4 is 5.73 Å². The van der Waals surface area contributed by atoms with Crippen LogP contribution in [0.5, 0.6) is 0 Å². The molecule has 2 unspecified atom stereocenters. The highest BCUT2D eigenvalue weighted by atomic mass is 32.2. The normalized spacial score (nSPS) is 42.9. The van der Waals surface area contributed by atoms with Crippen molar-refractivity contribution in [2.75, 3.05) is 12.0 Å². The van der Waals surface area contributed by atoms with Gasteiger partial charge >= 0.3 is 0 Å². The van der Waals surface area contributed by atoms with Gasteiger partial charge in [0, 0.05) is 6.26 Å². The van der Waals surface area contributed by atoms with E-state index in [1.165, 1.54) is 6.26 Å². The van der Waals surface area contributed by atoms with Gasteiger partial charge in [0.2, 0.25) is 0 Å². The van der Waals surface area contributed by atoms with Crippen molar-refractivity contribution in [2.45, 2.75) is 6.04 Å². The monoisotopic (exact) mass is 148 g/mol. The molecule has 1 aliphatic heterocycles. The molecule has 52 valence electrons. The summed E-state index contributed by atoms with van der Waals surface area (Å²) in [6.45, 7) is 0. The van der Waals surface area contributed by atoms with E-state index in [0.717, 1.165) is 0 Å². The van der Waals surface area contributed by atoms with Gasteiger partial charge in [0.25, 0.3) is 5.91 Å². The molecule has 1 amide bonds. The van der Waals surface area contributed by atoms with Gasteiger partial charge in [-0.3, -0.25) is 4.79 Å². The number of rotatable bonds is 0. The molecule has 0 aromatic carbocycles. The molecule has 4 nitrogen and oxygen atoms in total.